The standard InChI is InChI=1S/C23H24ClN9O3S3/c1-13(15-6-9-17(35-2)18(10-15)36-3)27-28-20-29-31-22(33(20)25)37-12-19(34)26-21-30-32-23(39-21)38-11-14-4-7-16(24)8-5-14/h4-10H,11-12,25H2,1-3H3,(H,28,29)(H,26,30,34)/b27-13+. The molecular formula is C23H24ClN9O3S3. The molecular weight excluding hydrogens is 582 g/mol. The van der Waals surface area contributed by atoms with Gasteiger partial charge >= 0.3 is 0 Å². The minimum atomic E-state index is -0.273. The second-order valence-corrected chi connectivity index (χ2v) is 11.3. The van der Waals surface area contributed by atoms with Gasteiger partial charge in [-0.15, -0.1) is 20.4 Å². The van der Waals surface area contributed by atoms with E-state index in [-0.39, 0.29) is 17.6 Å². The summed E-state index contributed by atoms with van der Waals surface area (Å²) in [5, 5.41) is 24.7. The molecule has 0 aliphatic rings. The van der Waals surface area contributed by atoms with E-state index >= 15 is 0 Å². The van der Waals surface area contributed by atoms with Crippen LogP contribution in [0.3, 0.4) is 0 Å². The van der Waals surface area contributed by atoms with Crippen LogP contribution in [-0.2, 0) is 10.5 Å². The Bertz CT molecular complexity index is 1460. The van der Waals surface area contributed by atoms with E-state index in [0.29, 0.717) is 32.5 Å². The molecule has 0 unspecified atom stereocenters. The molecule has 0 saturated heterocycles. The fourth-order valence-corrected chi connectivity index (χ4v) is 5.55. The highest BCUT2D eigenvalue weighted by Gasteiger charge is 2.14. The summed E-state index contributed by atoms with van der Waals surface area (Å²) in [6, 6.07) is 13.1. The number of hydrogen-bond donors (Lipinski definition) is 3. The van der Waals surface area contributed by atoms with E-state index in [1.807, 2.05) is 43.3 Å². The van der Waals surface area contributed by atoms with Gasteiger partial charge in [-0.25, -0.2) is 10.1 Å². The minimum Gasteiger partial charge on any atom is -0.493 e. The minimum absolute atomic E-state index is 0.0517. The number of ether oxygens (including phenoxy) is 2. The second kappa shape index (κ2) is 13.5. The van der Waals surface area contributed by atoms with Crippen LogP contribution in [0.4, 0.5) is 11.1 Å². The van der Waals surface area contributed by atoms with Crippen LogP contribution < -0.4 is 26.1 Å². The third kappa shape index (κ3) is 7.75. The number of aromatic nitrogens is 5. The van der Waals surface area contributed by atoms with Gasteiger partial charge in [0.05, 0.1) is 25.7 Å². The molecule has 4 rings (SSSR count). The molecule has 0 aliphatic carbocycles. The molecule has 0 aliphatic heterocycles. The third-order valence-corrected chi connectivity index (χ3v) is 8.29. The molecule has 0 saturated carbocycles. The fourth-order valence-electron chi connectivity index (χ4n) is 3.04. The van der Waals surface area contributed by atoms with E-state index in [1.54, 1.807) is 20.3 Å². The number of nitrogens with one attached hydrogen (secondary N) is 2. The Labute approximate surface area is 241 Å². The monoisotopic (exact) mass is 605 g/mol. The highest BCUT2D eigenvalue weighted by molar-refractivity contribution is 8.00. The summed E-state index contributed by atoms with van der Waals surface area (Å²) >= 11 is 9.87. The Balaban J connectivity index is 1.27. The normalized spacial score (nSPS) is 11.3. The predicted molar refractivity (Wildman–Crippen MR) is 156 cm³/mol. The maximum atomic E-state index is 12.4. The molecule has 0 atom stereocenters. The molecule has 2 aromatic carbocycles. The molecule has 39 heavy (non-hydrogen) atoms. The topological polar surface area (TPSA) is 154 Å². The lowest BCUT2D eigenvalue weighted by Crippen LogP contribution is -2.17. The van der Waals surface area contributed by atoms with Crippen LogP contribution >= 0.6 is 46.5 Å². The quantitative estimate of drug-likeness (QED) is 0.0693. The molecule has 4 aromatic rings. The van der Waals surface area contributed by atoms with Crippen LogP contribution in [0.1, 0.15) is 18.1 Å². The number of nitrogens with two attached hydrogens (primary N) is 1. The number of hydrogen-bond acceptors (Lipinski definition) is 13. The number of hydrazone groups is 1. The average molecular weight is 606 g/mol. The molecule has 0 bridgehead atoms. The number of amides is 1. The van der Waals surface area contributed by atoms with Gasteiger partial charge in [-0.2, -0.15) is 5.10 Å². The molecule has 2 aromatic heterocycles. The molecule has 1 amide bonds. The lowest BCUT2D eigenvalue weighted by Gasteiger charge is -2.09. The molecule has 16 heteroatoms. The first-order valence-electron chi connectivity index (χ1n) is 11.2. The van der Waals surface area contributed by atoms with Crippen molar-refractivity contribution in [2.45, 2.75) is 22.2 Å². The van der Waals surface area contributed by atoms with Gasteiger partial charge < -0.3 is 15.3 Å². The third-order valence-electron chi connectivity index (χ3n) is 5.05. The van der Waals surface area contributed by atoms with Crippen molar-refractivity contribution in [3.05, 3.63) is 58.6 Å². The number of rotatable bonds is 12. The van der Waals surface area contributed by atoms with E-state index in [9.17, 15) is 4.79 Å². The number of halogens is 1. The SMILES string of the molecule is COc1ccc(/C(C)=N/Nc2nnc(SCC(=O)Nc3nnc(SCc4ccc(Cl)cc4)s3)n2N)cc1OC. The Hall–Kier alpha value is -3.53. The smallest absolute Gasteiger partial charge is 0.264 e. The Morgan fingerprint density at radius 2 is 1.85 bits per heavy atom. The zero-order valence-corrected chi connectivity index (χ0v) is 24.2. The lowest BCUT2D eigenvalue weighted by molar-refractivity contribution is -0.113. The summed E-state index contributed by atoms with van der Waals surface area (Å²) in [5.41, 5.74) is 5.39. The number of carbonyl (C=O) groups excluding carboxylic acids is 1. The molecule has 0 spiro atoms. The van der Waals surface area contributed by atoms with Gasteiger partial charge in [-0.1, -0.05) is 58.6 Å². The van der Waals surface area contributed by atoms with Gasteiger partial charge in [0.2, 0.25) is 16.2 Å². The van der Waals surface area contributed by atoms with Gasteiger partial charge in [0.1, 0.15) is 0 Å². The van der Waals surface area contributed by atoms with Crippen LogP contribution in [-0.4, -0.2) is 56.7 Å². The summed E-state index contributed by atoms with van der Waals surface area (Å²) in [6.07, 6.45) is 0. The Morgan fingerprint density at radius 3 is 2.59 bits per heavy atom. The van der Waals surface area contributed by atoms with Crippen LogP contribution in [0.2, 0.25) is 5.02 Å². The van der Waals surface area contributed by atoms with Gasteiger partial charge in [0.25, 0.3) is 5.95 Å². The van der Waals surface area contributed by atoms with E-state index < -0.39 is 0 Å². The van der Waals surface area contributed by atoms with Crippen molar-refractivity contribution in [2.24, 2.45) is 5.10 Å². The first-order valence-corrected chi connectivity index (χ1v) is 14.4. The lowest BCUT2D eigenvalue weighted by atomic mass is 10.1. The zero-order chi connectivity index (χ0) is 27.8. The summed E-state index contributed by atoms with van der Waals surface area (Å²) in [4.78, 5) is 12.4. The molecule has 4 N–H and O–H groups in total. The second-order valence-electron chi connectivity index (χ2n) is 7.68. The average Bonchev–Trinajstić information content (AvgIpc) is 3.55. The van der Waals surface area contributed by atoms with Gasteiger partial charge in [-0.3, -0.25) is 10.1 Å². The predicted octanol–water partition coefficient (Wildman–Crippen LogP) is 4.37. The van der Waals surface area contributed by atoms with Crippen LogP contribution in [0.25, 0.3) is 0 Å². The molecule has 0 radical (unpaired) electrons. The fraction of sp³-hybridized carbons (Fsp3) is 0.217. The van der Waals surface area contributed by atoms with Crippen molar-refractivity contribution in [3.63, 3.8) is 0 Å². The highest BCUT2D eigenvalue weighted by atomic mass is 35.5. The number of thioether (sulfide) groups is 2. The summed E-state index contributed by atoms with van der Waals surface area (Å²) < 4.78 is 12.6. The molecule has 204 valence electrons. The van der Waals surface area contributed by atoms with Gasteiger partial charge in [-0.05, 0) is 42.8 Å². The molecule has 2 heterocycles. The molecule has 0 fully saturated rings. The summed E-state index contributed by atoms with van der Waals surface area (Å²) in [5.74, 6) is 8.00. The first kappa shape index (κ1) is 28.5. The van der Waals surface area contributed by atoms with Crippen molar-refractivity contribution in [3.8, 4) is 11.5 Å². The molecule has 12 nitrogen and oxygen atoms in total. The maximum Gasteiger partial charge on any atom is 0.264 e. The zero-order valence-electron chi connectivity index (χ0n) is 21.0. The van der Waals surface area contributed by atoms with E-state index in [0.717, 1.165) is 33.0 Å². The first-order chi connectivity index (χ1) is 18.9. The van der Waals surface area contributed by atoms with E-state index in [1.165, 1.54) is 27.8 Å². The van der Waals surface area contributed by atoms with Crippen molar-refractivity contribution in [1.82, 2.24) is 25.1 Å². The maximum absolute atomic E-state index is 12.4. The number of nitrogens with zero attached hydrogens (tertiary/aromatic N) is 6. The van der Waals surface area contributed by atoms with E-state index in [4.69, 9.17) is 26.9 Å². The Kier molecular flexibility index (Phi) is 9.86. The van der Waals surface area contributed by atoms with Crippen molar-refractivity contribution < 1.29 is 14.3 Å². The van der Waals surface area contributed by atoms with Crippen LogP contribution in [0.5, 0.6) is 11.5 Å². The Morgan fingerprint density at radius 1 is 1.08 bits per heavy atom. The number of anilines is 2. The van der Waals surface area contributed by atoms with E-state index in [2.05, 4.69) is 36.2 Å². The van der Waals surface area contributed by atoms with Crippen molar-refractivity contribution >= 4 is 69.2 Å². The highest BCUT2D eigenvalue weighted by Crippen LogP contribution is 2.29. The van der Waals surface area contributed by atoms with Crippen molar-refractivity contribution in [2.75, 3.05) is 36.6 Å². The number of nitrogen functional groups attached to an aromatic ring is 1. The van der Waals surface area contributed by atoms with Gasteiger partial charge in [0, 0.05) is 16.3 Å². The van der Waals surface area contributed by atoms with Crippen LogP contribution in [0, 0.1) is 0 Å². The van der Waals surface area contributed by atoms with Crippen LogP contribution in [0.15, 0.2) is 57.1 Å². The number of benzene rings is 2. The number of carbonyl (C=O) groups is 1. The summed E-state index contributed by atoms with van der Waals surface area (Å²) in [6.45, 7) is 1.82. The van der Waals surface area contributed by atoms with Crippen molar-refractivity contribution in [1.29, 1.82) is 0 Å². The largest absolute Gasteiger partial charge is 0.493 e. The number of methoxy groups -OCH3 is 2. The van der Waals surface area contributed by atoms with Gasteiger partial charge in [0.15, 0.2) is 15.8 Å². The summed E-state index contributed by atoms with van der Waals surface area (Å²) in [7, 11) is 3.14.